The van der Waals surface area contributed by atoms with Crippen LogP contribution in [0.5, 0.6) is 5.75 Å². The number of carbonyl (C=O) groups is 1. The van der Waals surface area contributed by atoms with E-state index < -0.39 is 0 Å². The zero-order chi connectivity index (χ0) is 16.1. The van der Waals surface area contributed by atoms with Gasteiger partial charge < -0.3 is 10.1 Å². The fourth-order valence-corrected chi connectivity index (χ4v) is 2.97. The van der Waals surface area contributed by atoms with Crippen molar-refractivity contribution >= 4 is 5.91 Å². The molecule has 1 N–H and O–H groups in total. The highest BCUT2D eigenvalue weighted by Crippen LogP contribution is 2.44. The molecule has 2 aromatic carbocycles. The highest BCUT2D eigenvalue weighted by molar-refractivity contribution is 5.77. The molecule has 2 aromatic rings. The summed E-state index contributed by atoms with van der Waals surface area (Å²) in [6, 6.07) is 18.2. The molecule has 0 saturated heterocycles. The minimum absolute atomic E-state index is 0.126. The van der Waals surface area contributed by atoms with Crippen LogP contribution in [-0.4, -0.2) is 13.0 Å². The van der Waals surface area contributed by atoms with E-state index in [9.17, 15) is 4.79 Å². The largest absolute Gasteiger partial charge is 0.497 e. The first-order chi connectivity index (χ1) is 11.3. The van der Waals surface area contributed by atoms with E-state index in [2.05, 4.69) is 29.6 Å². The van der Waals surface area contributed by atoms with Crippen molar-refractivity contribution in [3.63, 3.8) is 0 Å². The Bertz CT molecular complexity index is 632. The number of carbonyl (C=O) groups excluding carboxylic acids is 1. The quantitative estimate of drug-likeness (QED) is 0.842. The lowest BCUT2D eigenvalue weighted by Crippen LogP contribution is -2.25. The average molecular weight is 309 g/mol. The van der Waals surface area contributed by atoms with Crippen LogP contribution in [0.1, 0.15) is 36.3 Å². The summed E-state index contributed by atoms with van der Waals surface area (Å²) in [5.41, 5.74) is 2.37. The summed E-state index contributed by atoms with van der Waals surface area (Å²) in [5.74, 6) is 1.98. The molecule has 120 valence electrons. The summed E-state index contributed by atoms with van der Waals surface area (Å²) < 4.78 is 5.14. The van der Waals surface area contributed by atoms with Crippen LogP contribution in [0.15, 0.2) is 54.6 Å². The van der Waals surface area contributed by atoms with E-state index in [4.69, 9.17) is 4.74 Å². The van der Waals surface area contributed by atoms with Gasteiger partial charge in [-0.3, -0.25) is 4.79 Å². The van der Waals surface area contributed by atoms with Crippen molar-refractivity contribution < 1.29 is 9.53 Å². The van der Waals surface area contributed by atoms with Gasteiger partial charge in [0, 0.05) is 13.0 Å². The molecule has 0 bridgehead atoms. The number of ether oxygens (including phenoxy) is 1. The normalized spacial score (nSPS) is 15.0. The minimum atomic E-state index is 0.126. The first kappa shape index (κ1) is 15.6. The molecule has 0 spiro atoms. The number of methoxy groups -OCH3 is 1. The average Bonchev–Trinajstić information content (AvgIpc) is 3.44. The lowest BCUT2D eigenvalue weighted by Gasteiger charge is -2.16. The number of rotatable bonds is 7. The molecule has 3 heteroatoms. The maximum atomic E-state index is 12.3. The van der Waals surface area contributed by atoms with Crippen molar-refractivity contribution in [1.82, 2.24) is 5.32 Å². The molecule has 1 unspecified atom stereocenters. The second-order valence-electron chi connectivity index (χ2n) is 6.18. The summed E-state index contributed by atoms with van der Waals surface area (Å²) in [6.07, 6.45) is 3.06. The third-order valence-corrected chi connectivity index (χ3v) is 4.47. The first-order valence-corrected chi connectivity index (χ1v) is 8.21. The maximum Gasteiger partial charge on any atom is 0.220 e. The van der Waals surface area contributed by atoms with Crippen LogP contribution in [0.4, 0.5) is 0 Å². The summed E-state index contributed by atoms with van der Waals surface area (Å²) in [4.78, 5) is 12.3. The van der Waals surface area contributed by atoms with Crippen molar-refractivity contribution in [3.8, 4) is 5.75 Å². The molecule has 0 radical (unpaired) electrons. The van der Waals surface area contributed by atoms with E-state index in [1.54, 1.807) is 7.11 Å². The van der Waals surface area contributed by atoms with Crippen LogP contribution < -0.4 is 10.1 Å². The van der Waals surface area contributed by atoms with Gasteiger partial charge in [0.25, 0.3) is 0 Å². The number of hydrogen-bond acceptors (Lipinski definition) is 2. The van der Waals surface area contributed by atoms with Gasteiger partial charge in [0.1, 0.15) is 5.75 Å². The van der Waals surface area contributed by atoms with Crippen LogP contribution in [0.25, 0.3) is 0 Å². The third-order valence-electron chi connectivity index (χ3n) is 4.47. The summed E-state index contributed by atoms with van der Waals surface area (Å²) in [6.45, 7) is 0.564. The van der Waals surface area contributed by atoms with Gasteiger partial charge in [-0.15, -0.1) is 0 Å². The summed E-state index contributed by atoms with van der Waals surface area (Å²) >= 11 is 0. The van der Waals surface area contributed by atoms with Gasteiger partial charge in [0.05, 0.1) is 7.11 Å². The van der Waals surface area contributed by atoms with E-state index >= 15 is 0 Å². The number of benzene rings is 2. The molecule has 0 heterocycles. The molecule has 1 aliphatic rings. The van der Waals surface area contributed by atoms with E-state index in [1.165, 1.54) is 18.4 Å². The number of hydrogen-bond donors (Lipinski definition) is 1. The van der Waals surface area contributed by atoms with Gasteiger partial charge in [-0.05, 0) is 47.9 Å². The Labute approximate surface area is 137 Å². The standard InChI is InChI=1S/C20H23NO2/c1-23-18-11-7-15(8-12-18)14-21-20(22)13-19(17-9-10-17)16-5-3-2-4-6-16/h2-8,11-12,17,19H,9-10,13-14H2,1H3,(H,21,22). The molecular formula is C20H23NO2. The van der Waals surface area contributed by atoms with Crippen LogP contribution in [0.3, 0.4) is 0 Å². The lowest BCUT2D eigenvalue weighted by molar-refractivity contribution is -0.121. The molecule has 0 aliphatic heterocycles. The number of nitrogens with one attached hydrogen (secondary N) is 1. The fraction of sp³-hybridized carbons (Fsp3) is 0.350. The highest BCUT2D eigenvalue weighted by Gasteiger charge is 2.33. The molecule has 1 fully saturated rings. The molecule has 3 nitrogen and oxygen atoms in total. The highest BCUT2D eigenvalue weighted by atomic mass is 16.5. The first-order valence-electron chi connectivity index (χ1n) is 8.21. The van der Waals surface area contributed by atoms with E-state index in [0.29, 0.717) is 24.8 Å². The van der Waals surface area contributed by atoms with Crippen molar-refractivity contribution in [1.29, 1.82) is 0 Å². The predicted molar refractivity (Wildman–Crippen MR) is 91.4 cm³/mol. The van der Waals surface area contributed by atoms with Gasteiger partial charge in [-0.2, -0.15) is 0 Å². The van der Waals surface area contributed by atoms with E-state index in [1.807, 2.05) is 30.3 Å². The molecule has 1 atom stereocenters. The predicted octanol–water partition coefficient (Wildman–Crippen LogP) is 3.90. The second kappa shape index (κ2) is 7.32. The van der Waals surface area contributed by atoms with E-state index in [0.717, 1.165) is 11.3 Å². The van der Waals surface area contributed by atoms with Crippen molar-refractivity contribution in [2.75, 3.05) is 7.11 Å². The van der Waals surface area contributed by atoms with Gasteiger partial charge in [-0.25, -0.2) is 0 Å². The topological polar surface area (TPSA) is 38.3 Å². The van der Waals surface area contributed by atoms with Crippen molar-refractivity contribution in [2.24, 2.45) is 5.92 Å². The smallest absolute Gasteiger partial charge is 0.220 e. The van der Waals surface area contributed by atoms with Gasteiger partial charge in [-0.1, -0.05) is 42.5 Å². The van der Waals surface area contributed by atoms with Crippen molar-refractivity contribution in [2.45, 2.75) is 31.7 Å². The molecule has 23 heavy (non-hydrogen) atoms. The molecule has 3 rings (SSSR count). The van der Waals surface area contributed by atoms with Crippen LogP contribution in [0, 0.1) is 5.92 Å². The zero-order valence-corrected chi connectivity index (χ0v) is 13.5. The monoisotopic (exact) mass is 309 g/mol. The maximum absolute atomic E-state index is 12.3. The van der Waals surface area contributed by atoms with Gasteiger partial charge in [0.15, 0.2) is 0 Å². The Balaban J connectivity index is 1.55. The van der Waals surface area contributed by atoms with Gasteiger partial charge >= 0.3 is 0 Å². The Hall–Kier alpha value is -2.29. The van der Waals surface area contributed by atoms with Crippen LogP contribution >= 0.6 is 0 Å². The van der Waals surface area contributed by atoms with Crippen LogP contribution in [0.2, 0.25) is 0 Å². The molecular weight excluding hydrogens is 286 g/mol. The zero-order valence-electron chi connectivity index (χ0n) is 13.5. The Morgan fingerprint density at radius 2 is 1.83 bits per heavy atom. The Morgan fingerprint density at radius 1 is 1.13 bits per heavy atom. The lowest BCUT2D eigenvalue weighted by atomic mass is 9.91. The summed E-state index contributed by atoms with van der Waals surface area (Å²) in [7, 11) is 1.65. The fourth-order valence-electron chi connectivity index (χ4n) is 2.97. The minimum Gasteiger partial charge on any atom is -0.497 e. The summed E-state index contributed by atoms with van der Waals surface area (Å²) in [5, 5.41) is 3.04. The van der Waals surface area contributed by atoms with Crippen molar-refractivity contribution in [3.05, 3.63) is 65.7 Å². The number of amides is 1. The molecule has 0 aromatic heterocycles. The van der Waals surface area contributed by atoms with E-state index in [-0.39, 0.29) is 5.91 Å². The molecule has 1 aliphatic carbocycles. The second-order valence-corrected chi connectivity index (χ2v) is 6.18. The Morgan fingerprint density at radius 3 is 2.43 bits per heavy atom. The Kier molecular flexibility index (Phi) is 4.96. The van der Waals surface area contributed by atoms with Gasteiger partial charge in [0.2, 0.25) is 5.91 Å². The molecule has 1 amide bonds. The van der Waals surface area contributed by atoms with Crippen LogP contribution in [-0.2, 0) is 11.3 Å². The third kappa shape index (κ3) is 4.35. The SMILES string of the molecule is COc1ccc(CNC(=O)CC(c2ccccc2)C2CC2)cc1. The molecule has 1 saturated carbocycles.